The zero-order valence-corrected chi connectivity index (χ0v) is 15.9. The van der Waals surface area contributed by atoms with E-state index in [0.29, 0.717) is 10.8 Å². The van der Waals surface area contributed by atoms with E-state index in [1.165, 1.54) is 11.3 Å². The molecule has 0 aliphatic rings. The lowest BCUT2D eigenvalue weighted by atomic mass is 10.2. The topological polar surface area (TPSA) is 64.6 Å². The van der Waals surface area contributed by atoms with Gasteiger partial charge in [0, 0.05) is 18.5 Å². The van der Waals surface area contributed by atoms with E-state index < -0.39 is 10.0 Å². The number of methoxy groups -OCH3 is 2. The summed E-state index contributed by atoms with van der Waals surface area (Å²) in [6.07, 6.45) is 0.0835. The van der Waals surface area contributed by atoms with Crippen molar-refractivity contribution >= 4 is 33.0 Å². The predicted octanol–water partition coefficient (Wildman–Crippen LogP) is 3.26. The largest absolute Gasteiger partial charge is 0.497 e. The second kappa shape index (κ2) is 8.82. The van der Waals surface area contributed by atoms with Crippen molar-refractivity contribution in [3.8, 4) is 5.75 Å². The van der Waals surface area contributed by atoms with E-state index in [2.05, 4.69) is 4.72 Å². The highest BCUT2D eigenvalue weighted by atomic mass is 35.5. The second-order valence-corrected chi connectivity index (χ2v) is 8.80. The van der Waals surface area contributed by atoms with Crippen LogP contribution >= 0.6 is 22.9 Å². The lowest BCUT2D eigenvalue weighted by molar-refractivity contribution is 0.110. The highest BCUT2D eigenvalue weighted by molar-refractivity contribution is 7.89. The molecular formula is C16H20ClNO4S2. The molecule has 2 rings (SSSR count). The molecule has 0 bridgehead atoms. The van der Waals surface area contributed by atoms with Crippen molar-refractivity contribution in [1.29, 1.82) is 0 Å². The minimum Gasteiger partial charge on any atom is -0.497 e. The minimum atomic E-state index is -3.39. The Kier molecular flexibility index (Phi) is 7.06. The summed E-state index contributed by atoms with van der Waals surface area (Å²) in [5.41, 5.74) is 0.939. The standard InChI is InChI=1S/C16H20ClNO4S2/c1-21-13-5-3-12(4-6-13)9-10-24(19,20)18-11-14(22-2)15-7-8-16(17)23-15/h3-8,14,18H,9-11H2,1-2H3. The van der Waals surface area contributed by atoms with Crippen molar-refractivity contribution in [3.63, 3.8) is 0 Å². The summed E-state index contributed by atoms with van der Waals surface area (Å²) >= 11 is 7.28. The summed E-state index contributed by atoms with van der Waals surface area (Å²) in [6, 6.07) is 11.0. The van der Waals surface area contributed by atoms with E-state index in [0.717, 1.165) is 16.2 Å². The van der Waals surface area contributed by atoms with Crippen LogP contribution in [0.4, 0.5) is 0 Å². The summed E-state index contributed by atoms with van der Waals surface area (Å²) < 4.78 is 38.0. The Labute approximate surface area is 151 Å². The average Bonchev–Trinajstić information content (AvgIpc) is 3.00. The lowest BCUT2D eigenvalue weighted by Crippen LogP contribution is -2.31. The van der Waals surface area contributed by atoms with Gasteiger partial charge in [-0.15, -0.1) is 11.3 Å². The van der Waals surface area contributed by atoms with Crippen molar-refractivity contribution < 1.29 is 17.9 Å². The van der Waals surface area contributed by atoms with Crippen molar-refractivity contribution in [1.82, 2.24) is 4.72 Å². The highest BCUT2D eigenvalue weighted by Crippen LogP contribution is 2.28. The molecule has 5 nitrogen and oxygen atoms in total. The number of ether oxygens (including phenoxy) is 2. The number of nitrogens with one attached hydrogen (secondary N) is 1. The van der Waals surface area contributed by atoms with Crippen LogP contribution in [0.5, 0.6) is 5.75 Å². The zero-order valence-electron chi connectivity index (χ0n) is 13.5. The number of halogens is 1. The molecular weight excluding hydrogens is 370 g/mol. The molecule has 1 unspecified atom stereocenters. The maximum Gasteiger partial charge on any atom is 0.212 e. The van der Waals surface area contributed by atoms with Gasteiger partial charge in [-0.1, -0.05) is 23.7 Å². The lowest BCUT2D eigenvalue weighted by Gasteiger charge is -2.15. The Morgan fingerprint density at radius 2 is 1.88 bits per heavy atom. The van der Waals surface area contributed by atoms with Crippen LogP contribution in [0.25, 0.3) is 0 Å². The molecule has 1 aromatic heterocycles. The van der Waals surface area contributed by atoms with Crippen molar-refractivity contribution in [2.75, 3.05) is 26.5 Å². The summed E-state index contributed by atoms with van der Waals surface area (Å²) in [5, 5.41) is 0. The first-order chi connectivity index (χ1) is 11.4. The molecule has 0 saturated heterocycles. The number of rotatable bonds is 9. The summed E-state index contributed by atoms with van der Waals surface area (Å²) in [6.45, 7) is 0.179. The van der Waals surface area contributed by atoms with E-state index in [9.17, 15) is 8.42 Å². The smallest absolute Gasteiger partial charge is 0.212 e. The van der Waals surface area contributed by atoms with Gasteiger partial charge in [0.2, 0.25) is 10.0 Å². The van der Waals surface area contributed by atoms with Gasteiger partial charge in [-0.25, -0.2) is 13.1 Å². The second-order valence-electron chi connectivity index (χ2n) is 5.13. The number of sulfonamides is 1. The predicted molar refractivity (Wildman–Crippen MR) is 97.6 cm³/mol. The third kappa shape index (κ3) is 5.75. The van der Waals surface area contributed by atoms with Gasteiger partial charge in [0.1, 0.15) is 11.9 Å². The molecule has 1 N–H and O–H groups in total. The Morgan fingerprint density at radius 1 is 1.17 bits per heavy atom. The van der Waals surface area contributed by atoms with Crippen LogP contribution in [-0.2, 0) is 21.2 Å². The van der Waals surface area contributed by atoms with E-state index in [1.54, 1.807) is 20.3 Å². The summed E-state index contributed by atoms with van der Waals surface area (Å²) in [7, 11) is -0.252. The van der Waals surface area contributed by atoms with Gasteiger partial charge in [0.15, 0.2) is 0 Å². The Hall–Kier alpha value is -1.12. The maximum atomic E-state index is 12.2. The molecule has 2 aromatic rings. The van der Waals surface area contributed by atoms with Crippen LogP contribution in [0.1, 0.15) is 16.5 Å². The Morgan fingerprint density at radius 3 is 2.42 bits per heavy atom. The molecule has 0 aliphatic carbocycles. The molecule has 0 aliphatic heterocycles. The number of hydrogen-bond donors (Lipinski definition) is 1. The van der Waals surface area contributed by atoms with Gasteiger partial charge in [0.05, 0.1) is 17.2 Å². The summed E-state index contributed by atoms with van der Waals surface area (Å²) in [5.74, 6) is 0.762. The first-order valence-corrected chi connectivity index (χ1v) is 10.2. The molecule has 1 aromatic carbocycles. The SMILES string of the molecule is COc1ccc(CCS(=O)(=O)NCC(OC)c2ccc(Cl)s2)cc1. The number of thiophene rings is 1. The quantitative estimate of drug-likeness (QED) is 0.714. The molecule has 132 valence electrons. The molecule has 0 fully saturated rings. The van der Waals surface area contributed by atoms with Crippen LogP contribution in [0.2, 0.25) is 4.34 Å². The molecule has 0 radical (unpaired) electrons. The van der Waals surface area contributed by atoms with Crippen LogP contribution in [0.15, 0.2) is 36.4 Å². The first-order valence-electron chi connectivity index (χ1n) is 7.32. The van der Waals surface area contributed by atoms with Crippen LogP contribution < -0.4 is 9.46 Å². The van der Waals surface area contributed by atoms with Gasteiger partial charge in [-0.3, -0.25) is 0 Å². The fourth-order valence-corrected chi connectivity index (χ4v) is 4.31. The van der Waals surface area contributed by atoms with Gasteiger partial charge >= 0.3 is 0 Å². The fraction of sp³-hybridized carbons (Fsp3) is 0.375. The highest BCUT2D eigenvalue weighted by Gasteiger charge is 2.17. The zero-order chi connectivity index (χ0) is 17.6. The summed E-state index contributed by atoms with van der Waals surface area (Å²) in [4.78, 5) is 0.889. The molecule has 0 spiro atoms. The molecule has 1 heterocycles. The molecule has 8 heteroatoms. The van der Waals surface area contributed by atoms with Crippen LogP contribution in [0, 0.1) is 0 Å². The third-order valence-corrected chi connectivity index (χ3v) is 6.17. The third-order valence-electron chi connectivity index (χ3n) is 3.50. The van der Waals surface area contributed by atoms with E-state index >= 15 is 0 Å². The molecule has 0 saturated carbocycles. The van der Waals surface area contributed by atoms with Crippen molar-refractivity contribution in [2.24, 2.45) is 0 Å². The van der Waals surface area contributed by atoms with Gasteiger partial charge in [0.25, 0.3) is 0 Å². The maximum absolute atomic E-state index is 12.2. The fourth-order valence-electron chi connectivity index (χ4n) is 2.12. The van der Waals surface area contributed by atoms with E-state index in [1.807, 2.05) is 30.3 Å². The van der Waals surface area contributed by atoms with Crippen LogP contribution in [-0.4, -0.2) is 34.9 Å². The van der Waals surface area contributed by atoms with Gasteiger partial charge in [-0.2, -0.15) is 0 Å². The monoisotopic (exact) mass is 389 g/mol. The average molecular weight is 390 g/mol. The van der Waals surface area contributed by atoms with Gasteiger partial charge < -0.3 is 9.47 Å². The Balaban J connectivity index is 1.88. The van der Waals surface area contributed by atoms with Crippen molar-refractivity contribution in [2.45, 2.75) is 12.5 Å². The molecule has 24 heavy (non-hydrogen) atoms. The van der Waals surface area contributed by atoms with Crippen molar-refractivity contribution in [3.05, 3.63) is 51.2 Å². The number of aryl methyl sites for hydroxylation is 1. The van der Waals surface area contributed by atoms with E-state index in [-0.39, 0.29) is 18.4 Å². The number of benzene rings is 1. The normalized spacial score (nSPS) is 13.0. The number of hydrogen-bond acceptors (Lipinski definition) is 5. The van der Waals surface area contributed by atoms with Crippen LogP contribution in [0.3, 0.4) is 0 Å². The first kappa shape index (κ1) is 19.2. The molecule has 0 amide bonds. The Bertz CT molecular complexity index is 744. The van der Waals surface area contributed by atoms with Gasteiger partial charge in [-0.05, 0) is 36.2 Å². The molecule has 1 atom stereocenters. The van der Waals surface area contributed by atoms with E-state index in [4.69, 9.17) is 21.1 Å². The minimum absolute atomic E-state index is 0.0148.